The molecule has 0 bridgehead atoms. The zero-order chi connectivity index (χ0) is 13.0. The van der Waals surface area contributed by atoms with Crippen molar-refractivity contribution in [3.05, 3.63) is 26.6 Å². The molecule has 2 N–H and O–H groups in total. The maximum Gasteiger partial charge on any atom is 0.310 e. The van der Waals surface area contributed by atoms with Crippen LogP contribution < -0.4 is 5.73 Å². The topological polar surface area (TPSA) is 65.2 Å². The number of carbonyl (C=O) groups excluding carboxylic acids is 1. The highest BCUT2D eigenvalue weighted by Gasteiger charge is 2.20. The second-order valence-corrected chi connectivity index (χ2v) is 4.25. The van der Waals surface area contributed by atoms with Gasteiger partial charge in [0.05, 0.1) is 19.2 Å². The van der Waals surface area contributed by atoms with Crippen molar-refractivity contribution in [3.63, 3.8) is 0 Å². The van der Waals surface area contributed by atoms with E-state index < -0.39 is 12.4 Å². The summed E-state index contributed by atoms with van der Waals surface area (Å²) in [6.45, 7) is 0.0776. The molecule has 0 atom stereocenters. The molecule has 0 spiro atoms. The summed E-state index contributed by atoms with van der Waals surface area (Å²) in [4.78, 5) is 15.2. The van der Waals surface area contributed by atoms with E-state index in [0.717, 1.165) is 0 Å². The Morgan fingerprint density at radius 2 is 2.29 bits per heavy atom. The number of nitrogens with zero attached hydrogens (tertiary/aromatic N) is 1. The van der Waals surface area contributed by atoms with Gasteiger partial charge < -0.3 is 10.5 Å². The van der Waals surface area contributed by atoms with E-state index in [9.17, 15) is 13.6 Å². The molecule has 17 heavy (non-hydrogen) atoms. The molecule has 0 amide bonds. The molecule has 0 saturated heterocycles. The van der Waals surface area contributed by atoms with Gasteiger partial charge in [0, 0.05) is 17.7 Å². The van der Waals surface area contributed by atoms with Gasteiger partial charge in [0.1, 0.15) is 3.70 Å². The minimum atomic E-state index is -2.67. The molecule has 94 valence electrons. The molecule has 0 aliphatic heterocycles. The zero-order valence-corrected chi connectivity index (χ0v) is 11.2. The normalized spacial score (nSPS) is 10.7. The summed E-state index contributed by atoms with van der Waals surface area (Å²) in [5.41, 5.74) is 5.72. The number of carbonyl (C=O) groups is 1. The van der Waals surface area contributed by atoms with Crippen LogP contribution in [0.4, 0.5) is 8.78 Å². The molecule has 0 aromatic carbocycles. The lowest BCUT2D eigenvalue weighted by atomic mass is 10.1. The van der Waals surface area contributed by atoms with Gasteiger partial charge in [-0.25, -0.2) is 13.8 Å². The van der Waals surface area contributed by atoms with Crippen LogP contribution in [0.25, 0.3) is 0 Å². The minimum Gasteiger partial charge on any atom is -0.469 e. The van der Waals surface area contributed by atoms with Crippen molar-refractivity contribution in [2.24, 2.45) is 5.73 Å². The summed E-state index contributed by atoms with van der Waals surface area (Å²) in [6, 6.07) is 1.23. The second-order valence-electron chi connectivity index (χ2n) is 3.23. The van der Waals surface area contributed by atoms with Crippen LogP contribution >= 0.6 is 22.6 Å². The van der Waals surface area contributed by atoms with Crippen LogP contribution in [0.15, 0.2) is 6.07 Å². The van der Waals surface area contributed by atoms with E-state index in [0.29, 0.717) is 9.39 Å². The third-order valence-electron chi connectivity index (χ3n) is 2.15. The maximum absolute atomic E-state index is 12.9. The smallest absolute Gasteiger partial charge is 0.310 e. The van der Waals surface area contributed by atoms with E-state index >= 15 is 0 Å². The van der Waals surface area contributed by atoms with Crippen molar-refractivity contribution in [2.45, 2.75) is 19.4 Å². The minimum absolute atomic E-state index is 0.0776. The molecule has 1 aromatic rings. The monoisotopic (exact) mass is 356 g/mol. The molecule has 0 radical (unpaired) electrons. The van der Waals surface area contributed by atoms with Gasteiger partial charge >= 0.3 is 5.97 Å². The molecule has 0 saturated carbocycles. The van der Waals surface area contributed by atoms with E-state index in [2.05, 4.69) is 9.72 Å². The van der Waals surface area contributed by atoms with E-state index in [1.807, 2.05) is 22.6 Å². The molecule has 1 aromatic heterocycles. The Bertz CT molecular complexity index is 427. The highest BCUT2D eigenvalue weighted by Crippen LogP contribution is 2.27. The molecule has 1 heterocycles. The number of aromatic nitrogens is 1. The highest BCUT2D eigenvalue weighted by atomic mass is 127. The van der Waals surface area contributed by atoms with Crippen LogP contribution in [0.2, 0.25) is 0 Å². The van der Waals surface area contributed by atoms with Crippen LogP contribution in [0, 0.1) is 3.70 Å². The summed E-state index contributed by atoms with van der Waals surface area (Å²) < 4.78 is 30.5. The van der Waals surface area contributed by atoms with Gasteiger partial charge in [-0.3, -0.25) is 4.79 Å². The summed E-state index contributed by atoms with van der Waals surface area (Å²) in [7, 11) is 1.21. The van der Waals surface area contributed by atoms with Crippen LogP contribution in [0.3, 0.4) is 0 Å². The Hall–Kier alpha value is -0.830. The van der Waals surface area contributed by atoms with Gasteiger partial charge in [-0.2, -0.15) is 0 Å². The lowest BCUT2D eigenvalue weighted by Crippen LogP contribution is -2.12. The molecule has 0 fully saturated rings. The lowest BCUT2D eigenvalue weighted by molar-refractivity contribution is -0.139. The van der Waals surface area contributed by atoms with Gasteiger partial charge in [0.2, 0.25) is 0 Å². The van der Waals surface area contributed by atoms with Crippen molar-refractivity contribution in [1.29, 1.82) is 0 Å². The fraction of sp³-hybridized carbons (Fsp3) is 0.400. The van der Waals surface area contributed by atoms with Gasteiger partial charge in [-0.1, -0.05) is 0 Å². The van der Waals surface area contributed by atoms with Gasteiger partial charge in [0.15, 0.2) is 0 Å². The third-order valence-corrected chi connectivity index (χ3v) is 3.05. The number of pyridine rings is 1. The first-order valence-electron chi connectivity index (χ1n) is 4.72. The zero-order valence-electron chi connectivity index (χ0n) is 9.04. The average Bonchev–Trinajstić information content (AvgIpc) is 2.30. The first-order chi connectivity index (χ1) is 7.99. The Labute approximate surface area is 111 Å². The maximum atomic E-state index is 12.9. The fourth-order valence-corrected chi connectivity index (χ4v) is 2.11. The van der Waals surface area contributed by atoms with Gasteiger partial charge in [-0.15, -0.1) is 0 Å². The highest BCUT2D eigenvalue weighted by molar-refractivity contribution is 14.1. The number of methoxy groups -OCH3 is 1. The predicted octanol–water partition coefficient (Wildman–Crippen LogP) is 1.80. The lowest BCUT2D eigenvalue weighted by Gasteiger charge is -2.11. The number of halogens is 3. The number of nitrogens with two attached hydrogens (primary N) is 1. The molecular formula is C10H11F2IN2O2. The van der Waals surface area contributed by atoms with Crippen LogP contribution in [0.5, 0.6) is 0 Å². The van der Waals surface area contributed by atoms with E-state index in [4.69, 9.17) is 5.73 Å². The Balaban J connectivity index is 3.21. The quantitative estimate of drug-likeness (QED) is 0.508. The largest absolute Gasteiger partial charge is 0.469 e. The van der Waals surface area contributed by atoms with Gasteiger partial charge in [-0.05, 0) is 28.7 Å². The van der Waals surface area contributed by atoms with Crippen molar-refractivity contribution in [1.82, 2.24) is 4.98 Å². The average molecular weight is 356 g/mol. The van der Waals surface area contributed by atoms with Crippen LogP contribution in [-0.4, -0.2) is 18.1 Å². The number of alkyl halides is 2. The van der Waals surface area contributed by atoms with E-state index in [1.165, 1.54) is 13.2 Å². The molecule has 0 aliphatic rings. The SMILES string of the molecule is COC(=O)Cc1c(C(F)F)cc(CN)nc1I. The number of ether oxygens (including phenoxy) is 1. The van der Waals surface area contributed by atoms with Crippen LogP contribution in [0.1, 0.15) is 23.2 Å². The van der Waals surface area contributed by atoms with Gasteiger partial charge in [0.25, 0.3) is 6.43 Å². The number of hydrogen-bond acceptors (Lipinski definition) is 4. The molecule has 1 rings (SSSR count). The van der Waals surface area contributed by atoms with Crippen molar-refractivity contribution in [3.8, 4) is 0 Å². The molecule has 0 aliphatic carbocycles. The standard InChI is InChI=1S/C10H11F2IN2O2/c1-17-8(16)3-7-6(9(11)12)2-5(4-14)15-10(7)13/h2,9H,3-4,14H2,1H3. The Morgan fingerprint density at radius 1 is 1.65 bits per heavy atom. The number of hydrogen-bond donors (Lipinski definition) is 1. The van der Waals surface area contributed by atoms with Crippen molar-refractivity contribution >= 4 is 28.6 Å². The van der Waals surface area contributed by atoms with E-state index in [-0.39, 0.29) is 24.1 Å². The van der Waals surface area contributed by atoms with Crippen molar-refractivity contribution < 1.29 is 18.3 Å². The van der Waals surface area contributed by atoms with Crippen LogP contribution in [-0.2, 0) is 22.5 Å². The first-order valence-corrected chi connectivity index (χ1v) is 5.80. The number of rotatable bonds is 4. The first kappa shape index (κ1) is 14.2. The summed E-state index contributed by atoms with van der Waals surface area (Å²) in [6.07, 6.45) is -2.89. The molecule has 0 unspecified atom stereocenters. The van der Waals surface area contributed by atoms with E-state index in [1.54, 1.807) is 0 Å². The third kappa shape index (κ3) is 3.56. The predicted molar refractivity (Wildman–Crippen MR) is 65.5 cm³/mol. The summed E-state index contributed by atoms with van der Waals surface area (Å²) in [5, 5.41) is 0. The van der Waals surface area contributed by atoms with Crippen molar-refractivity contribution in [2.75, 3.05) is 7.11 Å². The summed E-state index contributed by atoms with van der Waals surface area (Å²) >= 11 is 1.81. The molecule has 4 nitrogen and oxygen atoms in total. The number of esters is 1. The molecule has 7 heteroatoms. The Kier molecular flexibility index (Phi) is 5.19. The fourth-order valence-electron chi connectivity index (χ4n) is 1.30. The molecular weight excluding hydrogens is 345 g/mol. The second kappa shape index (κ2) is 6.20. The summed E-state index contributed by atoms with van der Waals surface area (Å²) in [5.74, 6) is -0.577. The Morgan fingerprint density at radius 3 is 2.76 bits per heavy atom.